The zero-order chi connectivity index (χ0) is 16.4. The fraction of sp³-hybridized carbons (Fsp3) is 0.227. The van der Waals surface area contributed by atoms with Crippen molar-refractivity contribution in [2.45, 2.75) is 25.7 Å². The van der Waals surface area contributed by atoms with E-state index in [0.29, 0.717) is 0 Å². The number of hydrogen-bond acceptors (Lipinski definition) is 2. The molecule has 1 aliphatic rings. The molecule has 0 atom stereocenters. The van der Waals surface area contributed by atoms with Crippen LogP contribution in [-0.4, -0.2) is 12.1 Å². The number of rotatable bonds is 3. The fourth-order valence-electron chi connectivity index (χ4n) is 3.49. The summed E-state index contributed by atoms with van der Waals surface area (Å²) in [6.45, 7) is 0. The van der Waals surface area contributed by atoms with Gasteiger partial charge in [-0.2, -0.15) is 0 Å². The summed E-state index contributed by atoms with van der Waals surface area (Å²) in [6, 6.07) is 21.1. The number of ether oxygens (including phenoxy) is 1. The summed E-state index contributed by atoms with van der Waals surface area (Å²) < 4.78 is 5.30. The Morgan fingerprint density at radius 2 is 1.58 bits per heavy atom. The quantitative estimate of drug-likeness (QED) is 0.654. The van der Waals surface area contributed by atoms with Gasteiger partial charge in [-0.25, -0.2) is 0 Å². The summed E-state index contributed by atoms with van der Waals surface area (Å²) in [5, 5.41) is 0. The van der Waals surface area contributed by atoms with Crippen LogP contribution in [0.25, 0.3) is 22.4 Å². The minimum atomic E-state index is 0.893. The lowest BCUT2D eigenvalue weighted by Gasteiger charge is -2.20. The second kappa shape index (κ2) is 6.48. The molecule has 0 bridgehead atoms. The Kier molecular flexibility index (Phi) is 4.04. The molecule has 3 aromatic rings. The van der Waals surface area contributed by atoms with E-state index in [1.165, 1.54) is 40.8 Å². The third-order valence-electron chi connectivity index (χ3n) is 4.77. The molecule has 4 rings (SSSR count). The molecule has 0 spiro atoms. The predicted molar refractivity (Wildman–Crippen MR) is 98.3 cm³/mol. The fourth-order valence-corrected chi connectivity index (χ4v) is 3.49. The molecule has 0 radical (unpaired) electrons. The van der Waals surface area contributed by atoms with Gasteiger partial charge in [-0.1, -0.05) is 42.5 Å². The first kappa shape index (κ1) is 14.9. The topological polar surface area (TPSA) is 22.1 Å². The molecule has 0 saturated carbocycles. The van der Waals surface area contributed by atoms with E-state index in [4.69, 9.17) is 9.72 Å². The Bertz CT molecular complexity index is 838. The van der Waals surface area contributed by atoms with Gasteiger partial charge in [0.1, 0.15) is 5.75 Å². The minimum absolute atomic E-state index is 0.893. The van der Waals surface area contributed by atoms with Gasteiger partial charge >= 0.3 is 0 Å². The van der Waals surface area contributed by atoms with Crippen LogP contribution in [0.15, 0.2) is 60.7 Å². The standard InChI is InChI=1S/C22H21NO/c1-24-18-13-11-16(12-14-18)20-15-22(17-7-3-2-4-8-17)23-21-10-6-5-9-19(20)21/h2-4,7-8,11-15H,5-6,9-10H2,1H3. The highest BCUT2D eigenvalue weighted by Crippen LogP contribution is 2.34. The van der Waals surface area contributed by atoms with Crippen LogP contribution >= 0.6 is 0 Å². The second-order valence-corrected chi connectivity index (χ2v) is 6.28. The second-order valence-electron chi connectivity index (χ2n) is 6.28. The summed E-state index contributed by atoms with van der Waals surface area (Å²) in [5.41, 5.74) is 7.51. The number of fused-ring (bicyclic) bond motifs is 1. The molecule has 2 aromatic carbocycles. The van der Waals surface area contributed by atoms with Crippen molar-refractivity contribution in [2.24, 2.45) is 0 Å². The molecule has 24 heavy (non-hydrogen) atoms. The predicted octanol–water partition coefficient (Wildman–Crippen LogP) is 5.30. The van der Waals surface area contributed by atoms with Gasteiger partial charge in [0.2, 0.25) is 0 Å². The van der Waals surface area contributed by atoms with Crippen molar-refractivity contribution in [3.05, 3.63) is 71.9 Å². The van der Waals surface area contributed by atoms with E-state index in [9.17, 15) is 0 Å². The lowest BCUT2D eigenvalue weighted by molar-refractivity contribution is 0.415. The first-order valence-corrected chi connectivity index (χ1v) is 8.58. The SMILES string of the molecule is COc1ccc(-c2cc(-c3ccccc3)nc3c2CCCC3)cc1. The summed E-state index contributed by atoms with van der Waals surface area (Å²) in [5.74, 6) is 0.893. The number of pyridine rings is 1. The molecule has 0 saturated heterocycles. The normalized spacial score (nSPS) is 13.4. The molecule has 1 aliphatic carbocycles. The van der Waals surface area contributed by atoms with Gasteiger partial charge < -0.3 is 4.74 Å². The molecule has 2 nitrogen and oxygen atoms in total. The molecule has 0 aliphatic heterocycles. The Morgan fingerprint density at radius 1 is 0.833 bits per heavy atom. The highest BCUT2D eigenvalue weighted by atomic mass is 16.5. The molecule has 1 aromatic heterocycles. The van der Waals surface area contributed by atoms with Crippen LogP contribution in [0, 0.1) is 0 Å². The molecule has 0 N–H and O–H groups in total. The van der Waals surface area contributed by atoms with Crippen molar-refractivity contribution in [2.75, 3.05) is 7.11 Å². The molecule has 0 unspecified atom stereocenters. The molecule has 1 heterocycles. The maximum Gasteiger partial charge on any atom is 0.118 e. The van der Waals surface area contributed by atoms with E-state index < -0.39 is 0 Å². The lowest BCUT2D eigenvalue weighted by Crippen LogP contribution is -2.08. The van der Waals surface area contributed by atoms with Crippen LogP contribution < -0.4 is 4.74 Å². The van der Waals surface area contributed by atoms with Crippen molar-refractivity contribution < 1.29 is 4.74 Å². The van der Waals surface area contributed by atoms with Crippen LogP contribution in [0.3, 0.4) is 0 Å². The van der Waals surface area contributed by atoms with Gasteiger partial charge in [0.25, 0.3) is 0 Å². The Morgan fingerprint density at radius 3 is 2.33 bits per heavy atom. The summed E-state index contributed by atoms with van der Waals surface area (Å²) in [7, 11) is 1.71. The maximum atomic E-state index is 5.30. The molecule has 0 fully saturated rings. The third-order valence-corrected chi connectivity index (χ3v) is 4.77. The Hall–Kier alpha value is -2.61. The molecule has 2 heteroatoms. The van der Waals surface area contributed by atoms with Crippen molar-refractivity contribution in [1.29, 1.82) is 0 Å². The van der Waals surface area contributed by atoms with E-state index in [2.05, 4.69) is 42.5 Å². The van der Waals surface area contributed by atoms with E-state index in [1.54, 1.807) is 7.11 Å². The Labute approximate surface area is 143 Å². The van der Waals surface area contributed by atoms with E-state index in [-0.39, 0.29) is 0 Å². The van der Waals surface area contributed by atoms with Gasteiger partial charge in [0.05, 0.1) is 12.8 Å². The number of aryl methyl sites for hydroxylation is 1. The zero-order valence-corrected chi connectivity index (χ0v) is 14.0. The smallest absolute Gasteiger partial charge is 0.118 e. The first-order valence-electron chi connectivity index (χ1n) is 8.58. The molecular formula is C22H21NO. The van der Waals surface area contributed by atoms with Crippen LogP contribution in [-0.2, 0) is 12.8 Å². The number of hydrogen-bond donors (Lipinski definition) is 0. The third kappa shape index (κ3) is 2.80. The van der Waals surface area contributed by atoms with Gasteiger partial charge in [0.15, 0.2) is 0 Å². The average molecular weight is 315 g/mol. The largest absolute Gasteiger partial charge is 0.497 e. The summed E-state index contributed by atoms with van der Waals surface area (Å²) >= 11 is 0. The van der Waals surface area contributed by atoms with Crippen molar-refractivity contribution in [1.82, 2.24) is 4.98 Å². The number of benzene rings is 2. The molecule has 120 valence electrons. The molecular weight excluding hydrogens is 294 g/mol. The van der Waals surface area contributed by atoms with E-state index >= 15 is 0 Å². The highest BCUT2D eigenvalue weighted by Gasteiger charge is 2.18. The van der Waals surface area contributed by atoms with Gasteiger partial charge in [-0.15, -0.1) is 0 Å². The summed E-state index contributed by atoms with van der Waals surface area (Å²) in [4.78, 5) is 4.98. The zero-order valence-electron chi connectivity index (χ0n) is 14.0. The van der Waals surface area contributed by atoms with Crippen molar-refractivity contribution in [3.8, 4) is 28.1 Å². The van der Waals surface area contributed by atoms with Gasteiger partial charge in [-0.05, 0) is 60.6 Å². The summed E-state index contributed by atoms with van der Waals surface area (Å²) in [6.07, 6.45) is 4.70. The van der Waals surface area contributed by atoms with Crippen LogP contribution in [0.1, 0.15) is 24.1 Å². The number of aromatic nitrogens is 1. The highest BCUT2D eigenvalue weighted by molar-refractivity contribution is 5.74. The average Bonchev–Trinajstić information content (AvgIpc) is 2.68. The van der Waals surface area contributed by atoms with Crippen LogP contribution in [0.4, 0.5) is 0 Å². The minimum Gasteiger partial charge on any atom is -0.497 e. The maximum absolute atomic E-state index is 5.30. The Balaban J connectivity index is 1.87. The van der Waals surface area contributed by atoms with Crippen LogP contribution in [0.2, 0.25) is 0 Å². The molecule has 0 amide bonds. The van der Waals surface area contributed by atoms with Crippen molar-refractivity contribution in [3.63, 3.8) is 0 Å². The van der Waals surface area contributed by atoms with Crippen LogP contribution in [0.5, 0.6) is 5.75 Å². The van der Waals surface area contributed by atoms with E-state index in [0.717, 1.165) is 24.3 Å². The monoisotopic (exact) mass is 315 g/mol. The van der Waals surface area contributed by atoms with Gasteiger partial charge in [-0.3, -0.25) is 4.98 Å². The number of nitrogens with zero attached hydrogens (tertiary/aromatic N) is 1. The number of methoxy groups -OCH3 is 1. The first-order chi connectivity index (χ1) is 11.8. The van der Waals surface area contributed by atoms with Crippen molar-refractivity contribution >= 4 is 0 Å². The van der Waals surface area contributed by atoms with Gasteiger partial charge in [0, 0.05) is 11.3 Å². The lowest BCUT2D eigenvalue weighted by atomic mass is 9.88. The van der Waals surface area contributed by atoms with E-state index in [1.807, 2.05) is 18.2 Å².